The number of amides is 1. The fraction of sp³-hybridized carbons (Fsp3) is 0.125. The number of nitrogens with zero attached hydrogens (tertiary/aromatic N) is 4. The van der Waals surface area contributed by atoms with Crippen LogP contribution >= 0.6 is 11.6 Å². The molecule has 116 valence electrons. The van der Waals surface area contributed by atoms with Gasteiger partial charge in [0.05, 0.1) is 18.7 Å². The highest BCUT2D eigenvalue weighted by molar-refractivity contribution is 6.30. The van der Waals surface area contributed by atoms with E-state index in [2.05, 4.69) is 20.8 Å². The van der Waals surface area contributed by atoms with Crippen molar-refractivity contribution in [3.05, 3.63) is 71.0 Å². The number of tetrazole rings is 1. The second-order valence-electron chi connectivity index (χ2n) is 4.92. The summed E-state index contributed by atoms with van der Waals surface area (Å²) >= 11 is 5.87. The standard InChI is InChI=1S/C16H14ClN5O/c17-13-6-8-14(9-7-13)22-15(19-20-21-22)11-18-16(23)10-12-4-2-1-3-5-12/h1-9H,10-11H2,(H,18,23). The molecule has 0 unspecified atom stereocenters. The lowest BCUT2D eigenvalue weighted by atomic mass is 10.1. The zero-order valence-electron chi connectivity index (χ0n) is 12.2. The number of hydrogen-bond acceptors (Lipinski definition) is 4. The predicted molar refractivity (Wildman–Crippen MR) is 86.2 cm³/mol. The number of carbonyl (C=O) groups is 1. The second kappa shape index (κ2) is 7.02. The molecule has 6 nitrogen and oxygen atoms in total. The van der Waals surface area contributed by atoms with Crippen molar-refractivity contribution in [3.63, 3.8) is 0 Å². The molecule has 0 aliphatic rings. The molecule has 3 aromatic rings. The van der Waals surface area contributed by atoms with Gasteiger partial charge >= 0.3 is 0 Å². The Hall–Kier alpha value is -2.73. The van der Waals surface area contributed by atoms with Crippen molar-refractivity contribution >= 4 is 17.5 Å². The minimum absolute atomic E-state index is 0.0816. The van der Waals surface area contributed by atoms with E-state index >= 15 is 0 Å². The van der Waals surface area contributed by atoms with E-state index in [1.54, 1.807) is 16.8 Å². The first-order valence-electron chi connectivity index (χ1n) is 7.06. The molecular formula is C16H14ClN5O. The molecular weight excluding hydrogens is 314 g/mol. The molecule has 1 N–H and O–H groups in total. The summed E-state index contributed by atoms with van der Waals surface area (Å²) in [5.41, 5.74) is 1.74. The van der Waals surface area contributed by atoms with Crippen LogP contribution in [0.15, 0.2) is 54.6 Å². The Bertz CT molecular complexity index is 786. The minimum atomic E-state index is -0.0816. The topological polar surface area (TPSA) is 72.7 Å². The highest BCUT2D eigenvalue weighted by Crippen LogP contribution is 2.13. The predicted octanol–water partition coefficient (Wildman–Crippen LogP) is 2.17. The van der Waals surface area contributed by atoms with E-state index in [1.165, 1.54) is 0 Å². The maximum atomic E-state index is 12.0. The van der Waals surface area contributed by atoms with Crippen LogP contribution in [0.25, 0.3) is 5.69 Å². The van der Waals surface area contributed by atoms with Crippen LogP contribution < -0.4 is 5.32 Å². The van der Waals surface area contributed by atoms with E-state index < -0.39 is 0 Å². The Labute approximate surface area is 138 Å². The van der Waals surface area contributed by atoms with Gasteiger partial charge in [0.2, 0.25) is 5.91 Å². The van der Waals surface area contributed by atoms with Crippen molar-refractivity contribution < 1.29 is 4.79 Å². The fourth-order valence-corrected chi connectivity index (χ4v) is 2.25. The van der Waals surface area contributed by atoms with E-state index in [9.17, 15) is 4.79 Å². The molecule has 2 aromatic carbocycles. The Morgan fingerprint density at radius 2 is 1.83 bits per heavy atom. The van der Waals surface area contributed by atoms with Crippen LogP contribution in [0.3, 0.4) is 0 Å². The summed E-state index contributed by atoms with van der Waals surface area (Å²) < 4.78 is 1.57. The second-order valence-corrected chi connectivity index (χ2v) is 5.36. The normalized spacial score (nSPS) is 10.5. The zero-order chi connectivity index (χ0) is 16.1. The Morgan fingerprint density at radius 1 is 1.09 bits per heavy atom. The van der Waals surface area contributed by atoms with Crippen LogP contribution in [-0.2, 0) is 17.8 Å². The van der Waals surface area contributed by atoms with Crippen LogP contribution in [0.1, 0.15) is 11.4 Å². The van der Waals surface area contributed by atoms with Crippen molar-refractivity contribution in [2.75, 3.05) is 0 Å². The van der Waals surface area contributed by atoms with Crippen LogP contribution in [0.4, 0.5) is 0 Å². The van der Waals surface area contributed by atoms with Crippen molar-refractivity contribution in [3.8, 4) is 5.69 Å². The zero-order valence-corrected chi connectivity index (χ0v) is 12.9. The molecule has 0 aliphatic carbocycles. The molecule has 3 rings (SSSR count). The minimum Gasteiger partial charge on any atom is -0.348 e. The summed E-state index contributed by atoms with van der Waals surface area (Å²) in [7, 11) is 0. The van der Waals surface area contributed by atoms with E-state index in [4.69, 9.17) is 11.6 Å². The molecule has 7 heteroatoms. The molecule has 0 saturated heterocycles. The number of carbonyl (C=O) groups excluding carboxylic acids is 1. The molecule has 1 heterocycles. The fourth-order valence-electron chi connectivity index (χ4n) is 2.12. The molecule has 0 fully saturated rings. The van der Waals surface area contributed by atoms with Crippen LogP contribution in [0.2, 0.25) is 5.02 Å². The number of nitrogens with one attached hydrogen (secondary N) is 1. The summed E-state index contributed by atoms with van der Waals surface area (Å²) in [6.07, 6.45) is 0.323. The highest BCUT2D eigenvalue weighted by Gasteiger charge is 2.10. The Morgan fingerprint density at radius 3 is 2.57 bits per heavy atom. The molecule has 0 aliphatic heterocycles. The summed E-state index contributed by atoms with van der Waals surface area (Å²) in [5, 5.41) is 15.0. The smallest absolute Gasteiger partial charge is 0.224 e. The lowest BCUT2D eigenvalue weighted by Gasteiger charge is -2.06. The molecule has 0 spiro atoms. The van der Waals surface area contributed by atoms with Crippen LogP contribution in [0.5, 0.6) is 0 Å². The lowest BCUT2D eigenvalue weighted by molar-refractivity contribution is -0.120. The third kappa shape index (κ3) is 3.92. The number of aromatic nitrogens is 4. The van der Waals surface area contributed by atoms with Gasteiger partial charge in [-0.05, 0) is 40.3 Å². The van der Waals surface area contributed by atoms with Gasteiger partial charge in [-0.3, -0.25) is 4.79 Å². The van der Waals surface area contributed by atoms with Gasteiger partial charge in [0.15, 0.2) is 5.82 Å². The van der Waals surface area contributed by atoms with E-state index in [1.807, 2.05) is 42.5 Å². The summed E-state index contributed by atoms with van der Waals surface area (Å²) in [5.74, 6) is 0.468. The van der Waals surface area contributed by atoms with Crippen LogP contribution in [0, 0.1) is 0 Å². The van der Waals surface area contributed by atoms with E-state index in [0.29, 0.717) is 17.3 Å². The number of rotatable bonds is 5. The first kappa shape index (κ1) is 15.2. The molecule has 0 radical (unpaired) electrons. The maximum Gasteiger partial charge on any atom is 0.224 e. The summed E-state index contributed by atoms with van der Waals surface area (Å²) in [6, 6.07) is 16.7. The van der Waals surface area contributed by atoms with Crippen molar-refractivity contribution in [1.82, 2.24) is 25.5 Å². The number of halogens is 1. The van der Waals surface area contributed by atoms with E-state index in [0.717, 1.165) is 11.3 Å². The van der Waals surface area contributed by atoms with Crippen molar-refractivity contribution in [2.24, 2.45) is 0 Å². The average Bonchev–Trinajstić information content (AvgIpc) is 3.03. The monoisotopic (exact) mass is 327 g/mol. The SMILES string of the molecule is O=C(Cc1ccccc1)NCc1nnnn1-c1ccc(Cl)cc1. The van der Waals surface area contributed by atoms with Gasteiger partial charge in [-0.1, -0.05) is 41.9 Å². The lowest BCUT2D eigenvalue weighted by Crippen LogP contribution is -2.26. The molecule has 1 amide bonds. The molecule has 23 heavy (non-hydrogen) atoms. The Balaban J connectivity index is 1.64. The van der Waals surface area contributed by atoms with Gasteiger partial charge < -0.3 is 5.32 Å². The van der Waals surface area contributed by atoms with Gasteiger partial charge in [-0.2, -0.15) is 4.68 Å². The number of hydrogen-bond donors (Lipinski definition) is 1. The van der Waals surface area contributed by atoms with Gasteiger partial charge in [-0.15, -0.1) is 5.10 Å². The summed E-state index contributed by atoms with van der Waals surface area (Å²) in [6.45, 7) is 0.251. The first-order chi connectivity index (χ1) is 11.2. The van der Waals surface area contributed by atoms with Gasteiger partial charge in [0.1, 0.15) is 0 Å². The largest absolute Gasteiger partial charge is 0.348 e. The van der Waals surface area contributed by atoms with E-state index in [-0.39, 0.29) is 12.5 Å². The molecule has 0 bridgehead atoms. The Kier molecular flexibility index (Phi) is 4.63. The summed E-state index contributed by atoms with van der Waals surface area (Å²) in [4.78, 5) is 12.0. The molecule has 0 saturated carbocycles. The van der Waals surface area contributed by atoms with Gasteiger partial charge in [-0.25, -0.2) is 0 Å². The van der Waals surface area contributed by atoms with Crippen LogP contribution in [-0.4, -0.2) is 26.1 Å². The highest BCUT2D eigenvalue weighted by atomic mass is 35.5. The molecule has 1 aromatic heterocycles. The van der Waals surface area contributed by atoms with Gasteiger partial charge in [0.25, 0.3) is 0 Å². The maximum absolute atomic E-state index is 12.0. The van der Waals surface area contributed by atoms with Gasteiger partial charge in [0, 0.05) is 5.02 Å². The molecule has 0 atom stereocenters. The first-order valence-corrected chi connectivity index (χ1v) is 7.44. The van der Waals surface area contributed by atoms with Crippen molar-refractivity contribution in [2.45, 2.75) is 13.0 Å². The average molecular weight is 328 g/mol. The third-order valence-corrected chi connectivity index (χ3v) is 3.51. The van der Waals surface area contributed by atoms with Crippen molar-refractivity contribution in [1.29, 1.82) is 0 Å². The quantitative estimate of drug-likeness (QED) is 0.779. The third-order valence-electron chi connectivity index (χ3n) is 3.26. The number of benzene rings is 2.